The molecule has 0 unspecified atom stereocenters. The van der Waals surface area contributed by atoms with Gasteiger partial charge < -0.3 is 0 Å². The third-order valence-corrected chi connectivity index (χ3v) is 8.36. The second kappa shape index (κ2) is 9.31. The maximum absolute atomic E-state index is 11.0. The van der Waals surface area contributed by atoms with Crippen LogP contribution in [0.25, 0.3) is 0 Å². The van der Waals surface area contributed by atoms with Crippen molar-refractivity contribution in [2.45, 2.75) is 115 Å². The second-order valence-corrected chi connectivity index (χ2v) is 15.6. The fourth-order valence-electron chi connectivity index (χ4n) is 4.13. The summed E-state index contributed by atoms with van der Waals surface area (Å²) >= 11 is 0.378. The average Bonchev–Trinajstić information content (AvgIpc) is 2.60. The molecule has 3 heteroatoms. The van der Waals surface area contributed by atoms with Gasteiger partial charge in [0.15, 0.2) is 0 Å². The molecule has 184 valence electrons. The molecule has 33 heavy (non-hydrogen) atoms. The number of phenolic OH excluding ortho intramolecular Hbond substituents is 2. The van der Waals surface area contributed by atoms with E-state index in [4.69, 9.17) is 0 Å². The van der Waals surface area contributed by atoms with E-state index in [1.165, 1.54) is 11.1 Å². The number of rotatable bonds is 4. The summed E-state index contributed by atoms with van der Waals surface area (Å²) in [6, 6.07) is 8.85. The predicted molar refractivity (Wildman–Crippen MR) is 144 cm³/mol. The van der Waals surface area contributed by atoms with Crippen molar-refractivity contribution in [3.8, 4) is 11.5 Å². The molecule has 0 heterocycles. The Labute approximate surface area is 209 Å². The average molecular weight is 518 g/mol. The van der Waals surface area contributed by atoms with Gasteiger partial charge in [0.2, 0.25) is 0 Å². The Kier molecular flexibility index (Phi) is 7.84. The van der Waals surface area contributed by atoms with E-state index in [0.717, 1.165) is 32.9 Å². The van der Waals surface area contributed by atoms with Crippen LogP contribution in [0.4, 0.5) is 0 Å². The molecule has 0 bridgehead atoms. The van der Waals surface area contributed by atoms with Crippen LogP contribution in [0.1, 0.15) is 116 Å². The molecule has 0 saturated heterocycles. The van der Waals surface area contributed by atoms with Gasteiger partial charge in [0.25, 0.3) is 0 Å². The zero-order chi connectivity index (χ0) is 25.6. The summed E-state index contributed by atoms with van der Waals surface area (Å²) in [7, 11) is 0. The van der Waals surface area contributed by atoms with Gasteiger partial charge in [0.1, 0.15) is 0 Å². The molecule has 0 fully saturated rings. The molecule has 0 spiro atoms. The molecule has 0 aliphatic heterocycles. The van der Waals surface area contributed by atoms with E-state index in [1.54, 1.807) is 0 Å². The van der Waals surface area contributed by atoms with Gasteiger partial charge in [0, 0.05) is 0 Å². The molecule has 2 aromatic rings. The fraction of sp³-hybridized carbons (Fsp3) is 0.600. The molecule has 2 N–H and O–H groups in total. The zero-order valence-corrected chi connectivity index (χ0v) is 24.7. The quantitative estimate of drug-likeness (QED) is 0.408. The van der Waals surface area contributed by atoms with Crippen molar-refractivity contribution >= 4 is 15.0 Å². The first kappa shape index (κ1) is 27.8. The molecule has 0 aliphatic carbocycles. The molecule has 0 amide bonds. The van der Waals surface area contributed by atoms with Crippen LogP contribution in [-0.4, -0.2) is 25.2 Å². The fourth-order valence-corrected chi connectivity index (χ4v) is 6.03. The van der Waals surface area contributed by atoms with Crippen LogP contribution in [0.15, 0.2) is 24.3 Å². The van der Waals surface area contributed by atoms with Crippen LogP contribution in [0.3, 0.4) is 0 Å². The minimum atomic E-state index is -0.104. The van der Waals surface area contributed by atoms with E-state index in [9.17, 15) is 10.2 Å². The zero-order valence-electron chi connectivity index (χ0n) is 23.0. The van der Waals surface area contributed by atoms with E-state index >= 15 is 0 Å². The monoisotopic (exact) mass is 518 g/mol. The van der Waals surface area contributed by atoms with E-state index in [1.807, 2.05) is 0 Å². The first-order valence-corrected chi connectivity index (χ1v) is 14.5. The molecule has 0 saturated carbocycles. The van der Waals surface area contributed by atoms with Gasteiger partial charge >= 0.3 is 210 Å². The van der Waals surface area contributed by atoms with Crippen LogP contribution in [0.5, 0.6) is 11.5 Å². The van der Waals surface area contributed by atoms with Crippen molar-refractivity contribution in [1.82, 2.24) is 0 Å². The van der Waals surface area contributed by atoms with Gasteiger partial charge in [0.05, 0.1) is 0 Å². The molecule has 2 aromatic carbocycles. The number of aromatic hydroxyl groups is 2. The third kappa shape index (κ3) is 6.80. The van der Waals surface area contributed by atoms with Crippen LogP contribution < -0.4 is 0 Å². The topological polar surface area (TPSA) is 40.5 Å². The first-order chi connectivity index (χ1) is 14.7. The molecule has 2 rings (SSSR count). The Morgan fingerprint density at radius 3 is 0.879 bits per heavy atom. The molecule has 0 aromatic heterocycles. The van der Waals surface area contributed by atoms with Gasteiger partial charge in [-0.2, -0.15) is 0 Å². The Balaban J connectivity index is 2.39. The van der Waals surface area contributed by atoms with Crippen molar-refractivity contribution in [3.63, 3.8) is 0 Å². The van der Waals surface area contributed by atoms with E-state index in [0.29, 0.717) is 26.5 Å². The van der Waals surface area contributed by atoms with Crippen molar-refractivity contribution in [1.29, 1.82) is 0 Å². The summed E-state index contributed by atoms with van der Waals surface area (Å²) in [6.07, 6.45) is 0. The summed E-state index contributed by atoms with van der Waals surface area (Å²) < 4.78 is 0. The first-order valence-electron chi connectivity index (χ1n) is 12.0. The minimum absolute atomic E-state index is 0.104. The van der Waals surface area contributed by atoms with Gasteiger partial charge in [-0.3, -0.25) is 0 Å². The second-order valence-electron chi connectivity index (χ2n) is 13.6. The standard InChI is InChI=1S/C30H46O2Se/c1-27(2,3)21-13-19(14-22(25(21)31)28(4,5)6)17-33-18-20-15-23(29(7,8)9)26(32)24(16-20)30(10,11)12/h13-16,31-32H,17-18H2,1-12H3. The van der Waals surface area contributed by atoms with Crippen molar-refractivity contribution in [2.24, 2.45) is 0 Å². The van der Waals surface area contributed by atoms with Gasteiger partial charge in [-0.05, 0) is 0 Å². The summed E-state index contributed by atoms with van der Waals surface area (Å²) in [4.78, 5) is 0. The summed E-state index contributed by atoms with van der Waals surface area (Å²) in [5, 5.41) is 24.1. The summed E-state index contributed by atoms with van der Waals surface area (Å²) in [5.41, 5.74) is 6.36. The van der Waals surface area contributed by atoms with Gasteiger partial charge in [-0.1, -0.05) is 0 Å². The number of benzene rings is 2. The molecule has 0 radical (unpaired) electrons. The van der Waals surface area contributed by atoms with E-state index < -0.39 is 0 Å². The summed E-state index contributed by atoms with van der Waals surface area (Å²) in [5.74, 6) is 0.906. The molecule has 0 atom stereocenters. The number of hydrogen-bond donors (Lipinski definition) is 2. The van der Waals surface area contributed by atoms with Crippen LogP contribution in [0, 0.1) is 0 Å². The maximum atomic E-state index is 11.0. The van der Waals surface area contributed by atoms with E-state index in [2.05, 4.69) is 107 Å². The number of phenols is 2. The van der Waals surface area contributed by atoms with Crippen molar-refractivity contribution in [2.75, 3.05) is 0 Å². The Morgan fingerprint density at radius 1 is 0.485 bits per heavy atom. The summed E-state index contributed by atoms with van der Waals surface area (Å²) in [6.45, 7) is 26.0. The van der Waals surface area contributed by atoms with Crippen molar-refractivity contribution in [3.05, 3.63) is 57.6 Å². The Bertz CT molecular complexity index is 838. The van der Waals surface area contributed by atoms with Gasteiger partial charge in [-0.15, -0.1) is 0 Å². The van der Waals surface area contributed by atoms with Crippen molar-refractivity contribution < 1.29 is 10.2 Å². The molecule has 0 aliphatic rings. The molecular weight excluding hydrogens is 471 g/mol. The molecular formula is C30H46O2Se. The van der Waals surface area contributed by atoms with Crippen LogP contribution in [-0.2, 0) is 32.3 Å². The predicted octanol–water partition coefficient (Wildman–Crippen LogP) is 7.69. The van der Waals surface area contributed by atoms with Gasteiger partial charge in [-0.25, -0.2) is 0 Å². The normalized spacial score (nSPS) is 13.5. The van der Waals surface area contributed by atoms with Crippen LogP contribution in [0.2, 0.25) is 0 Å². The molecule has 2 nitrogen and oxygen atoms in total. The third-order valence-electron chi connectivity index (χ3n) is 6.11. The number of hydrogen-bond acceptors (Lipinski definition) is 2. The van der Waals surface area contributed by atoms with E-state index in [-0.39, 0.29) is 21.7 Å². The SMILES string of the molecule is CC(C)(C)c1cc(C[Se]Cc2cc(C(C)(C)C)c(O)c(C(C)(C)C)c2)cc(C(C)(C)C)c1O. The Morgan fingerprint density at radius 2 is 0.697 bits per heavy atom. The van der Waals surface area contributed by atoms with Crippen LogP contribution >= 0.6 is 0 Å². The Hall–Kier alpha value is -1.44.